The highest BCUT2D eigenvalue weighted by atomic mass is 28.4. The van der Waals surface area contributed by atoms with E-state index in [0.717, 1.165) is 0 Å². The Morgan fingerprint density at radius 2 is 1.29 bits per heavy atom. The largest absolute Gasteiger partial charge is 0.334 e. The van der Waals surface area contributed by atoms with Crippen molar-refractivity contribution in [3.63, 3.8) is 0 Å². The van der Waals surface area contributed by atoms with Crippen LogP contribution in [0.25, 0.3) is 0 Å². The van der Waals surface area contributed by atoms with Gasteiger partial charge in [0.15, 0.2) is 8.40 Å². The second kappa shape index (κ2) is 4.92. The summed E-state index contributed by atoms with van der Waals surface area (Å²) >= 11 is 0. The first-order chi connectivity index (χ1) is 6.17. The first kappa shape index (κ1) is 14.4. The lowest BCUT2D eigenvalue weighted by Gasteiger charge is -2.48. The Morgan fingerprint density at radius 1 is 0.857 bits per heavy atom. The normalized spacial score (nSPS) is 14.1. The van der Waals surface area contributed by atoms with Crippen LogP contribution in [0.1, 0.15) is 13.8 Å². The summed E-state index contributed by atoms with van der Waals surface area (Å²) in [4.78, 5) is 0. The standard InChI is InChI=1S/C10H28N2Si2/c1-9-11(3)14(7,8)12(10-2)13(4,5)6/h9-10H2,1-8H3. The van der Waals surface area contributed by atoms with Crippen molar-refractivity contribution >= 4 is 16.6 Å². The Hall–Kier alpha value is 0.354. The van der Waals surface area contributed by atoms with Gasteiger partial charge in [0.2, 0.25) is 0 Å². The molecule has 0 N–H and O–H groups in total. The summed E-state index contributed by atoms with van der Waals surface area (Å²) in [5.74, 6) is 0. The highest BCUT2D eigenvalue weighted by molar-refractivity contribution is 6.88. The maximum atomic E-state index is 2.81. The molecule has 0 atom stereocenters. The van der Waals surface area contributed by atoms with E-state index in [1.165, 1.54) is 13.1 Å². The molecule has 0 aliphatic carbocycles. The molecule has 0 fully saturated rings. The minimum Gasteiger partial charge on any atom is -0.334 e. The summed E-state index contributed by atoms with van der Waals surface area (Å²) < 4.78 is 5.37. The molecule has 0 rings (SSSR count). The Morgan fingerprint density at radius 3 is 1.50 bits per heavy atom. The zero-order chi connectivity index (χ0) is 11.6. The van der Waals surface area contributed by atoms with Gasteiger partial charge in [-0.15, -0.1) is 0 Å². The van der Waals surface area contributed by atoms with Crippen LogP contribution in [0.5, 0.6) is 0 Å². The summed E-state index contributed by atoms with van der Waals surface area (Å²) in [6.45, 7) is 19.2. The van der Waals surface area contributed by atoms with E-state index in [2.05, 4.69) is 62.4 Å². The molecule has 0 aliphatic rings. The van der Waals surface area contributed by atoms with Gasteiger partial charge in [-0.05, 0) is 33.2 Å². The number of hydrogen-bond acceptors (Lipinski definition) is 2. The predicted octanol–water partition coefficient (Wildman–Crippen LogP) is 2.80. The van der Waals surface area contributed by atoms with Crippen LogP contribution < -0.4 is 0 Å². The van der Waals surface area contributed by atoms with Gasteiger partial charge >= 0.3 is 0 Å². The molecule has 0 amide bonds. The third kappa shape index (κ3) is 3.19. The molecule has 0 heterocycles. The van der Waals surface area contributed by atoms with E-state index >= 15 is 0 Å². The van der Waals surface area contributed by atoms with Crippen molar-refractivity contribution in [1.82, 2.24) is 8.80 Å². The van der Waals surface area contributed by atoms with Gasteiger partial charge in [0.25, 0.3) is 0 Å². The van der Waals surface area contributed by atoms with Crippen LogP contribution in [0.4, 0.5) is 0 Å². The Labute approximate surface area is 92.5 Å². The van der Waals surface area contributed by atoms with Crippen molar-refractivity contribution in [1.29, 1.82) is 0 Å². The Kier molecular flexibility index (Phi) is 5.04. The molecule has 0 radical (unpaired) electrons. The zero-order valence-corrected chi connectivity index (χ0v) is 13.3. The van der Waals surface area contributed by atoms with Gasteiger partial charge in [-0.25, -0.2) is 0 Å². The monoisotopic (exact) mass is 232 g/mol. The van der Waals surface area contributed by atoms with E-state index in [1.807, 2.05) is 0 Å². The molecule has 4 heteroatoms. The molecule has 0 saturated heterocycles. The van der Waals surface area contributed by atoms with Gasteiger partial charge in [0, 0.05) is 0 Å². The molecule has 0 unspecified atom stereocenters. The van der Waals surface area contributed by atoms with Gasteiger partial charge < -0.3 is 8.80 Å². The van der Waals surface area contributed by atoms with Crippen LogP contribution in [0.15, 0.2) is 0 Å². The molecule has 0 saturated carbocycles. The molecular formula is C10H28N2Si2. The summed E-state index contributed by atoms with van der Waals surface area (Å²) in [7, 11) is -0.218. The van der Waals surface area contributed by atoms with E-state index in [1.54, 1.807) is 0 Å². The van der Waals surface area contributed by atoms with E-state index in [9.17, 15) is 0 Å². The average Bonchev–Trinajstić information content (AvgIpc) is 2.00. The number of nitrogens with zero attached hydrogens (tertiary/aromatic N) is 2. The van der Waals surface area contributed by atoms with Crippen molar-refractivity contribution < 1.29 is 0 Å². The van der Waals surface area contributed by atoms with Crippen LogP contribution in [0.2, 0.25) is 32.7 Å². The Bertz CT molecular complexity index is 175. The lowest BCUT2D eigenvalue weighted by molar-refractivity contribution is 0.466. The van der Waals surface area contributed by atoms with Gasteiger partial charge in [-0.3, -0.25) is 0 Å². The number of hydrogen-bond donors (Lipinski definition) is 0. The molecule has 0 aromatic heterocycles. The fraction of sp³-hybridized carbons (Fsp3) is 1.00. The van der Waals surface area contributed by atoms with Crippen molar-refractivity contribution in [2.75, 3.05) is 20.1 Å². The molecule has 86 valence electrons. The molecule has 0 aromatic rings. The Balaban J connectivity index is 4.83. The zero-order valence-electron chi connectivity index (χ0n) is 11.3. The summed E-state index contributed by atoms with van der Waals surface area (Å²) in [5.41, 5.74) is 0. The summed E-state index contributed by atoms with van der Waals surface area (Å²) in [5, 5.41) is 0. The van der Waals surface area contributed by atoms with Crippen LogP contribution in [0, 0.1) is 0 Å². The highest BCUT2D eigenvalue weighted by Gasteiger charge is 2.39. The molecule has 0 aromatic carbocycles. The van der Waals surface area contributed by atoms with E-state index < -0.39 is 16.6 Å². The van der Waals surface area contributed by atoms with Crippen molar-refractivity contribution in [3.05, 3.63) is 0 Å². The fourth-order valence-electron chi connectivity index (χ4n) is 2.28. The lowest BCUT2D eigenvalue weighted by atomic mass is 10.8. The average molecular weight is 233 g/mol. The van der Waals surface area contributed by atoms with Gasteiger partial charge in [0.1, 0.15) is 8.24 Å². The van der Waals surface area contributed by atoms with Crippen molar-refractivity contribution in [2.24, 2.45) is 0 Å². The second-order valence-electron chi connectivity index (χ2n) is 5.42. The van der Waals surface area contributed by atoms with E-state index in [0.29, 0.717) is 0 Å². The van der Waals surface area contributed by atoms with E-state index in [4.69, 9.17) is 0 Å². The lowest BCUT2D eigenvalue weighted by Crippen LogP contribution is -2.67. The maximum absolute atomic E-state index is 2.81. The van der Waals surface area contributed by atoms with Crippen LogP contribution in [-0.2, 0) is 0 Å². The summed E-state index contributed by atoms with van der Waals surface area (Å²) in [6, 6.07) is 0. The molecule has 14 heavy (non-hydrogen) atoms. The molecule has 0 bridgehead atoms. The maximum Gasteiger partial charge on any atom is 0.193 e. The smallest absolute Gasteiger partial charge is 0.193 e. The third-order valence-corrected chi connectivity index (χ3v) is 12.6. The minimum absolute atomic E-state index is 1.15. The topological polar surface area (TPSA) is 6.48 Å². The van der Waals surface area contributed by atoms with Gasteiger partial charge in [-0.2, -0.15) is 0 Å². The van der Waals surface area contributed by atoms with E-state index in [-0.39, 0.29) is 0 Å². The summed E-state index contributed by atoms with van der Waals surface area (Å²) in [6.07, 6.45) is 0. The van der Waals surface area contributed by atoms with Crippen LogP contribution >= 0.6 is 0 Å². The third-order valence-electron chi connectivity index (χ3n) is 3.20. The molecule has 0 spiro atoms. The SMILES string of the molecule is CCN(C)[Si](C)(C)N(CC)[Si](C)(C)C. The number of rotatable bonds is 5. The van der Waals surface area contributed by atoms with Crippen molar-refractivity contribution in [3.8, 4) is 0 Å². The van der Waals surface area contributed by atoms with Gasteiger partial charge in [0.05, 0.1) is 0 Å². The second-order valence-corrected chi connectivity index (χ2v) is 15.0. The van der Waals surface area contributed by atoms with Crippen molar-refractivity contribution in [2.45, 2.75) is 46.6 Å². The van der Waals surface area contributed by atoms with Gasteiger partial charge in [-0.1, -0.05) is 33.5 Å². The first-order valence-corrected chi connectivity index (χ1v) is 12.0. The quantitative estimate of drug-likeness (QED) is 0.673. The first-order valence-electron chi connectivity index (χ1n) is 5.66. The molecule has 0 aliphatic heterocycles. The predicted molar refractivity (Wildman–Crippen MR) is 71.5 cm³/mol. The van der Waals surface area contributed by atoms with Crippen LogP contribution in [-0.4, -0.2) is 45.6 Å². The minimum atomic E-state index is -1.34. The molecule has 2 nitrogen and oxygen atoms in total. The fourth-order valence-corrected chi connectivity index (χ4v) is 12.3. The molecular weight excluding hydrogens is 204 g/mol. The highest BCUT2D eigenvalue weighted by Crippen LogP contribution is 2.21. The van der Waals surface area contributed by atoms with Crippen LogP contribution in [0.3, 0.4) is 0 Å².